The minimum atomic E-state index is -0.620. The number of rotatable bonds is 2. The summed E-state index contributed by atoms with van der Waals surface area (Å²) in [5.74, 6) is 0.384. The topological polar surface area (TPSA) is 98.5 Å². The molecule has 1 amide bonds. The number of fused-ring (bicyclic) bond motifs is 6. The summed E-state index contributed by atoms with van der Waals surface area (Å²) in [6.07, 6.45) is 4.33. The predicted molar refractivity (Wildman–Crippen MR) is 103 cm³/mol. The third kappa shape index (κ3) is 2.22. The van der Waals surface area contributed by atoms with Crippen LogP contribution in [0.25, 0.3) is 28.1 Å². The first-order valence-corrected chi connectivity index (χ1v) is 9.62. The average molecular weight is 405 g/mol. The van der Waals surface area contributed by atoms with E-state index < -0.39 is 6.08 Å². The SMILES string of the molecule is CC(=O)N1CCCC1c1cn(-c2nnc3c4ccccc4n4c(F)ncc4n23)nn1. The van der Waals surface area contributed by atoms with Crippen LogP contribution in [-0.2, 0) is 4.79 Å². The van der Waals surface area contributed by atoms with E-state index in [2.05, 4.69) is 25.5 Å². The van der Waals surface area contributed by atoms with Crippen LogP contribution >= 0.6 is 0 Å². The molecule has 1 aliphatic rings. The fraction of sp³-hybridized carbons (Fsp3) is 0.263. The molecule has 5 aromatic rings. The summed E-state index contributed by atoms with van der Waals surface area (Å²) in [6.45, 7) is 2.27. The minimum absolute atomic E-state index is 0.0166. The van der Waals surface area contributed by atoms with Crippen LogP contribution in [0.15, 0.2) is 36.7 Å². The summed E-state index contributed by atoms with van der Waals surface area (Å²) < 4.78 is 19.1. The van der Waals surface area contributed by atoms with Gasteiger partial charge in [-0.15, -0.1) is 15.3 Å². The molecule has 4 aromatic heterocycles. The van der Waals surface area contributed by atoms with Crippen molar-refractivity contribution >= 4 is 28.1 Å². The number of carbonyl (C=O) groups excluding carboxylic acids is 1. The lowest BCUT2D eigenvalue weighted by Gasteiger charge is -2.20. The molecule has 1 aliphatic heterocycles. The summed E-state index contributed by atoms with van der Waals surface area (Å²) in [5, 5.41) is 17.9. The number of amides is 1. The van der Waals surface area contributed by atoms with Crippen LogP contribution in [-0.4, -0.2) is 56.3 Å². The Morgan fingerprint density at radius 2 is 2.03 bits per heavy atom. The molecule has 10 nitrogen and oxygen atoms in total. The van der Waals surface area contributed by atoms with Crippen LogP contribution in [0.2, 0.25) is 0 Å². The van der Waals surface area contributed by atoms with Gasteiger partial charge in [-0.2, -0.15) is 9.07 Å². The highest BCUT2D eigenvalue weighted by Gasteiger charge is 2.30. The average Bonchev–Trinajstić information content (AvgIpc) is 3.52. The van der Waals surface area contributed by atoms with Gasteiger partial charge in [0.15, 0.2) is 5.65 Å². The van der Waals surface area contributed by atoms with E-state index in [1.807, 2.05) is 24.3 Å². The maximum absolute atomic E-state index is 14.5. The van der Waals surface area contributed by atoms with Crippen molar-refractivity contribution < 1.29 is 9.18 Å². The second kappa shape index (κ2) is 6.05. The molecule has 0 spiro atoms. The third-order valence-corrected chi connectivity index (χ3v) is 5.68. The van der Waals surface area contributed by atoms with Crippen molar-refractivity contribution in [2.24, 2.45) is 0 Å². The van der Waals surface area contributed by atoms with E-state index in [-0.39, 0.29) is 11.9 Å². The van der Waals surface area contributed by atoms with Gasteiger partial charge in [-0.05, 0) is 25.0 Å². The number of para-hydroxylation sites is 1. The van der Waals surface area contributed by atoms with E-state index in [1.165, 1.54) is 15.3 Å². The molecule has 1 unspecified atom stereocenters. The van der Waals surface area contributed by atoms with Crippen molar-refractivity contribution in [1.82, 2.24) is 43.9 Å². The smallest absolute Gasteiger partial charge is 0.295 e. The maximum atomic E-state index is 14.5. The Bertz CT molecular complexity index is 1450. The van der Waals surface area contributed by atoms with E-state index in [9.17, 15) is 9.18 Å². The van der Waals surface area contributed by atoms with Crippen molar-refractivity contribution in [3.63, 3.8) is 0 Å². The second-order valence-electron chi connectivity index (χ2n) is 7.36. The van der Waals surface area contributed by atoms with Gasteiger partial charge in [-0.3, -0.25) is 9.20 Å². The number of hydrogen-bond donors (Lipinski definition) is 0. The number of likely N-dealkylation sites (tertiary alicyclic amines) is 1. The first-order valence-electron chi connectivity index (χ1n) is 9.62. The molecule has 0 saturated carbocycles. The zero-order valence-electron chi connectivity index (χ0n) is 16.0. The number of benzene rings is 1. The van der Waals surface area contributed by atoms with Gasteiger partial charge in [0.25, 0.3) is 12.0 Å². The first kappa shape index (κ1) is 17.0. The lowest BCUT2D eigenvalue weighted by Crippen LogP contribution is -2.28. The zero-order chi connectivity index (χ0) is 20.4. The summed E-state index contributed by atoms with van der Waals surface area (Å²) >= 11 is 0. The maximum Gasteiger partial charge on any atom is 0.295 e. The molecule has 150 valence electrons. The van der Waals surface area contributed by atoms with Crippen molar-refractivity contribution in [2.75, 3.05) is 6.54 Å². The Morgan fingerprint density at radius 1 is 1.17 bits per heavy atom. The van der Waals surface area contributed by atoms with Crippen molar-refractivity contribution in [1.29, 1.82) is 0 Å². The molecule has 1 fully saturated rings. The van der Waals surface area contributed by atoms with Crippen LogP contribution in [0, 0.1) is 6.08 Å². The van der Waals surface area contributed by atoms with E-state index in [4.69, 9.17) is 0 Å². The molecule has 0 aliphatic carbocycles. The van der Waals surface area contributed by atoms with E-state index in [0.29, 0.717) is 35.0 Å². The zero-order valence-corrected chi connectivity index (χ0v) is 16.0. The standard InChI is InChI=1S/C19H16FN9O/c1-11(30)26-8-4-7-15(26)13-10-27(25-22-13)19-24-23-17-12-5-2-3-6-14(12)28-16(29(17)19)9-21-18(28)20/h2-3,5-6,9-10,15H,4,7-8H2,1H3. The summed E-state index contributed by atoms with van der Waals surface area (Å²) in [7, 11) is 0. The van der Waals surface area contributed by atoms with Gasteiger partial charge in [0.1, 0.15) is 11.3 Å². The molecule has 0 bridgehead atoms. The Hall–Kier alpha value is -3.89. The number of aromatic nitrogens is 8. The molecule has 11 heteroatoms. The van der Waals surface area contributed by atoms with Crippen LogP contribution < -0.4 is 0 Å². The Labute approximate surface area is 168 Å². The molecular formula is C19H16FN9O. The van der Waals surface area contributed by atoms with Crippen LogP contribution in [0.1, 0.15) is 31.5 Å². The molecule has 0 N–H and O–H groups in total. The van der Waals surface area contributed by atoms with E-state index in [0.717, 1.165) is 18.2 Å². The van der Waals surface area contributed by atoms with Crippen molar-refractivity contribution in [3.8, 4) is 5.95 Å². The molecule has 30 heavy (non-hydrogen) atoms. The van der Waals surface area contributed by atoms with E-state index in [1.54, 1.807) is 22.4 Å². The van der Waals surface area contributed by atoms with E-state index >= 15 is 0 Å². The summed E-state index contributed by atoms with van der Waals surface area (Å²) in [6, 6.07) is 7.26. The molecule has 6 rings (SSSR count). The predicted octanol–water partition coefficient (Wildman–Crippen LogP) is 1.93. The number of halogens is 1. The van der Waals surface area contributed by atoms with Gasteiger partial charge in [0.2, 0.25) is 5.91 Å². The highest BCUT2D eigenvalue weighted by atomic mass is 19.1. The number of carbonyl (C=O) groups is 1. The number of nitrogens with zero attached hydrogens (tertiary/aromatic N) is 9. The van der Waals surface area contributed by atoms with Crippen LogP contribution in [0.4, 0.5) is 4.39 Å². The molecule has 0 radical (unpaired) electrons. The van der Waals surface area contributed by atoms with Crippen LogP contribution in [0.5, 0.6) is 0 Å². The van der Waals surface area contributed by atoms with Gasteiger partial charge in [0.05, 0.1) is 24.0 Å². The molecular weight excluding hydrogens is 389 g/mol. The summed E-state index contributed by atoms with van der Waals surface area (Å²) in [5.41, 5.74) is 2.38. The highest BCUT2D eigenvalue weighted by Crippen LogP contribution is 2.31. The largest absolute Gasteiger partial charge is 0.334 e. The molecule has 1 saturated heterocycles. The van der Waals surface area contributed by atoms with Crippen molar-refractivity contribution in [2.45, 2.75) is 25.8 Å². The molecule has 1 atom stereocenters. The molecule has 5 heterocycles. The lowest BCUT2D eigenvalue weighted by atomic mass is 10.1. The highest BCUT2D eigenvalue weighted by molar-refractivity contribution is 5.94. The van der Waals surface area contributed by atoms with Crippen LogP contribution in [0.3, 0.4) is 0 Å². The third-order valence-electron chi connectivity index (χ3n) is 5.68. The Balaban J connectivity index is 1.57. The number of hydrogen-bond acceptors (Lipinski definition) is 6. The first-order chi connectivity index (χ1) is 14.6. The van der Waals surface area contributed by atoms with Gasteiger partial charge < -0.3 is 4.90 Å². The fourth-order valence-electron chi connectivity index (χ4n) is 4.35. The van der Waals surface area contributed by atoms with Gasteiger partial charge >= 0.3 is 0 Å². The Morgan fingerprint density at radius 3 is 2.90 bits per heavy atom. The van der Waals surface area contributed by atoms with Gasteiger partial charge in [-0.25, -0.2) is 9.38 Å². The van der Waals surface area contributed by atoms with Gasteiger partial charge in [-0.1, -0.05) is 17.3 Å². The minimum Gasteiger partial charge on any atom is -0.334 e. The van der Waals surface area contributed by atoms with Gasteiger partial charge in [0, 0.05) is 18.9 Å². The quantitative estimate of drug-likeness (QED) is 0.445. The monoisotopic (exact) mass is 405 g/mol. The Kier molecular flexibility index (Phi) is 3.43. The van der Waals surface area contributed by atoms with Crippen molar-refractivity contribution in [3.05, 3.63) is 48.4 Å². The summed E-state index contributed by atoms with van der Waals surface area (Å²) in [4.78, 5) is 17.6. The number of imidazole rings is 1. The fourth-order valence-corrected chi connectivity index (χ4v) is 4.35. The normalized spacial score (nSPS) is 17.0. The molecule has 1 aromatic carbocycles. The second-order valence-corrected chi connectivity index (χ2v) is 7.36. The lowest BCUT2D eigenvalue weighted by molar-refractivity contribution is -0.129.